The fourth-order valence-corrected chi connectivity index (χ4v) is 3.24. The Balaban J connectivity index is 1.65. The quantitative estimate of drug-likeness (QED) is 0.359. The Bertz CT molecular complexity index is 1130. The molecule has 0 saturated heterocycles. The van der Waals surface area contributed by atoms with E-state index in [9.17, 15) is 9.90 Å². The number of thioether (sulfide) groups is 1. The number of carbonyl (C=O) groups is 1. The summed E-state index contributed by atoms with van der Waals surface area (Å²) in [5, 5.41) is 14.3. The van der Waals surface area contributed by atoms with Crippen LogP contribution in [0.1, 0.15) is 11.1 Å². The van der Waals surface area contributed by atoms with Crippen molar-refractivity contribution in [3.05, 3.63) is 65.9 Å². The lowest BCUT2D eigenvalue weighted by atomic mass is 10.1. The lowest BCUT2D eigenvalue weighted by molar-refractivity contribution is -0.110. The van der Waals surface area contributed by atoms with E-state index in [4.69, 9.17) is 0 Å². The number of rotatable bonds is 2. The first-order valence-electron chi connectivity index (χ1n) is 8.24. The van der Waals surface area contributed by atoms with Crippen LogP contribution in [-0.2, 0) is 4.79 Å². The van der Waals surface area contributed by atoms with Gasteiger partial charge in [-0.15, -0.1) is 0 Å². The van der Waals surface area contributed by atoms with Gasteiger partial charge in [0.2, 0.25) is 0 Å². The zero-order valence-electron chi connectivity index (χ0n) is 14.4. The second-order valence-corrected chi connectivity index (χ2v) is 6.62. The molecule has 1 aliphatic heterocycles. The van der Waals surface area contributed by atoms with E-state index in [1.54, 1.807) is 6.21 Å². The van der Waals surface area contributed by atoms with Crippen molar-refractivity contribution < 1.29 is 9.90 Å². The van der Waals surface area contributed by atoms with Crippen LogP contribution in [0.2, 0.25) is 0 Å². The highest BCUT2D eigenvalue weighted by Crippen LogP contribution is 2.31. The minimum absolute atomic E-state index is 0.0582. The Morgan fingerprint density at radius 3 is 2.78 bits per heavy atom. The predicted molar refractivity (Wildman–Crippen MR) is 112 cm³/mol. The number of aromatic nitrogens is 1. The highest BCUT2D eigenvalue weighted by atomic mass is 32.2. The molecule has 0 fully saturated rings. The number of fused-ring (bicyclic) bond motifs is 2. The molecule has 0 saturated carbocycles. The monoisotopic (exact) mass is 376 g/mol. The van der Waals surface area contributed by atoms with Gasteiger partial charge in [-0.25, -0.2) is 9.98 Å². The number of aliphatic imine (C=N–C) groups is 2. The number of hydrogen-bond donors (Lipinski definition) is 3. The van der Waals surface area contributed by atoms with Gasteiger partial charge in [-0.05, 0) is 18.4 Å². The third kappa shape index (κ3) is 3.24. The van der Waals surface area contributed by atoms with Gasteiger partial charge in [-0.2, -0.15) is 0 Å². The van der Waals surface area contributed by atoms with Crippen molar-refractivity contribution in [2.24, 2.45) is 9.98 Å². The fraction of sp³-hybridized carbons (Fsp3) is 0.0500. The van der Waals surface area contributed by atoms with E-state index in [0.717, 1.165) is 22.2 Å². The maximum absolute atomic E-state index is 12.1. The van der Waals surface area contributed by atoms with E-state index >= 15 is 0 Å². The number of H-pyrrole nitrogens is 1. The molecule has 1 aromatic heterocycles. The molecule has 0 radical (unpaired) electrons. The number of nitrogens with one attached hydrogen (secondary N) is 2. The van der Waals surface area contributed by atoms with Crippen molar-refractivity contribution in [3.8, 4) is 5.88 Å². The number of benzene rings is 2. The molecule has 6 nitrogen and oxygen atoms in total. The lowest BCUT2D eigenvalue weighted by Crippen LogP contribution is -2.03. The number of nitrogens with zero attached hydrogens (tertiary/aromatic N) is 2. The molecule has 0 atom stereocenters. The van der Waals surface area contributed by atoms with Gasteiger partial charge in [0.05, 0.1) is 11.1 Å². The molecule has 3 N–H and O–H groups in total. The molecular weight excluding hydrogens is 360 g/mol. The summed E-state index contributed by atoms with van der Waals surface area (Å²) in [5.41, 5.74) is 3.54. The van der Waals surface area contributed by atoms with Gasteiger partial charge in [-0.3, -0.25) is 4.79 Å². The van der Waals surface area contributed by atoms with Crippen LogP contribution >= 0.6 is 11.8 Å². The van der Waals surface area contributed by atoms with E-state index in [2.05, 4.69) is 20.3 Å². The number of amides is 1. The molecule has 0 spiro atoms. The van der Waals surface area contributed by atoms with E-state index in [-0.39, 0.29) is 11.8 Å². The molecule has 0 bridgehead atoms. The number of hydrogen-bond acceptors (Lipinski definition) is 4. The highest BCUT2D eigenvalue weighted by Gasteiger charge is 2.23. The third-order valence-electron chi connectivity index (χ3n) is 4.23. The predicted octanol–water partition coefficient (Wildman–Crippen LogP) is 4.00. The Morgan fingerprint density at radius 2 is 1.93 bits per heavy atom. The van der Waals surface area contributed by atoms with Crippen molar-refractivity contribution in [2.45, 2.75) is 0 Å². The minimum atomic E-state index is -0.182. The van der Waals surface area contributed by atoms with Crippen molar-refractivity contribution in [1.29, 1.82) is 0 Å². The fourth-order valence-electron chi connectivity index (χ4n) is 2.93. The number of carbonyl (C=O) groups excluding carboxylic acids is 1. The van der Waals surface area contributed by atoms with Gasteiger partial charge in [-0.1, -0.05) is 48.2 Å². The molecule has 134 valence electrons. The third-order valence-corrected chi connectivity index (χ3v) is 4.80. The Kier molecular flexibility index (Phi) is 4.52. The smallest absolute Gasteiger partial charge is 0.257 e. The van der Waals surface area contributed by atoms with E-state index in [0.29, 0.717) is 16.3 Å². The van der Waals surface area contributed by atoms with Crippen LogP contribution in [0.25, 0.3) is 16.5 Å². The Hall–Kier alpha value is -3.32. The zero-order chi connectivity index (χ0) is 18.8. The van der Waals surface area contributed by atoms with Gasteiger partial charge >= 0.3 is 0 Å². The number of para-hydroxylation sites is 2. The summed E-state index contributed by atoms with van der Waals surface area (Å²) in [6, 6.07) is 15.1. The molecule has 1 amide bonds. The normalized spacial score (nSPS) is 15.7. The van der Waals surface area contributed by atoms with Gasteiger partial charge in [0, 0.05) is 34.6 Å². The highest BCUT2D eigenvalue weighted by molar-refractivity contribution is 8.13. The van der Waals surface area contributed by atoms with Crippen molar-refractivity contribution in [1.82, 2.24) is 4.98 Å². The van der Waals surface area contributed by atoms with Crippen LogP contribution < -0.4 is 5.32 Å². The molecule has 1 aliphatic rings. The molecule has 0 aliphatic carbocycles. The van der Waals surface area contributed by atoms with Crippen LogP contribution in [0, 0.1) is 0 Å². The molecule has 7 heteroatoms. The summed E-state index contributed by atoms with van der Waals surface area (Å²) in [5.74, 6) is -0.124. The second-order valence-electron chi connectivity index (χ2n) is 5.85. The van der Waals surface area contributed by atoms with Gasteiger partial charge in [0.15, 0.2) is 11.0 Å². The average Bonchev–Trinajstić information content (AvgIpc) is 3.17. The summed E-state index contributed by atoms with van der Waals surface area (Å²) < 4.78 is 0. The maximum atomic E-state index is 12.1. The van der Waals surface area contributed by atoms with Gasteiger partial charge < -0.3 is 15.4 Å². The van der Waals surface area contributed by atoms with E-state index < -0.39 is 0 Å². The topological polar surface area (TPSA) is 89.8 Å². The average molecular weight is 376 g/mol. The molecule has 27 heavy (non-hydrogen) atoms. The largest absolute Gasteiger partial charge is 0.494 e. The Morgan fingerprint density at radius 1 is 1.15 bits per heavy atom. The van der Waals surface area contributed by atoms with Crippen molar-refractivity contribution in [3.63, 3.8) is 0 Å². The van der Waals surface area contributed by atoms with E-state index in [1.807, 2.05) is 54.8 Å². The maximum Gasteiger partial charge on any atom is 0.257 e. The first kappa shape index (κ1) is 17.1. The van der Waals surface area contributed by atoms with Crippen LogP contribution in [-0.4, -0.2) is 33.6 Å². The minimum Gasteiger partial charge on any atom is -0.494 e. The summed E-state index contributed by atoms with van der Waals surface area (Å²) in [7, 11) is 0. The van der Waals surface area contributed by atoms with Crippen molar-refractivity contribution >= 4 is 51.2 Å². The van der Waals surface area contributed by atoms with E-state index in [1.165, 1.54) is 18.0 Å². The molecule has 0 unspecified atom stereocenters. The summed E-state index contributed by atoms with van der Waals surface area (Å²) in [6.07, 6.45) is 4.95. The molecular formula is C20H16N4O2S. The number of anilines is 1. The summed E-state index contributed by atoms with van der Waals surface area (Å²) >= 11 is 1.35. The molecule has 3 aromatic rings. The molecule has 2 aromatic carbocycles. The molecule has 4 rings (SSSR count). The van der Waals surface area contributed by atoms with Gasteiger partial charge in [0.25, 0.3) is 5.91 Å². The summed E-state index contributed by atoms with van der Waals surface area (Å²) in [4.78, 5) is 23.8. The standard InChI is InChI=1S/C20H16N4O2S/c1-27-20(21-10-14-12-6-2-4-8-16(12)23-18(14)25)22-11-15-13-7-3-5-9-17(13)24-19(15)26/h2-11,23,25H,1H3,(H,24,26)/b15-11+,21-10+,22-20+. The Labute approximate surface area is 159 Å². The van der Waals surface area contributed by atoms with Crippen molar-refractivity contribution in [2.75, 3.05) is 11.6 Å². The second kappa shape index (κ2) is 7.13. The number of aromatic amines is 1. The van der Waals surface area contributed by atoms with Crippen LogP contribution in [0.4, 0.5) is 5.69 Å². The number of amidine groups is 1. The number of aromatic hydroxyl groups is 1. The zero-order valence-corrected chi connectivity index (χ0v) is 15.2. The lowest BCUT2D eigenvalue weighted by Gasteiger charge is -1.97. The SMILES string of the molecule is CSC(/N=C/c1c(O)[nH]c2ccccc12)=N/C=C1/C(=O)Nc2ccccc21. The van der Waals surface area contributed by atoms with Crippen LogP contribution in [0.15, 0.2) is 64.7 Å². The van der Waals surface area contributed by atoms with Gasteiger partial charge in [0.1, 0.15) is 0 Å². The summed E-state index contributed by atoms with van der Waals surface area (Å²) in [6.45, 7) is 0. The van der Waals surface area contributed by atoms with Crippen LogP contribution in [0.5, 0.6) is 5.88 Å². The first-order chi connectivity index (χ1) is 13.2. The van der Waals surface area contributed by atoms with Crippen LogP contribution in [0.3, 0.4) is 0 Å². The molecule has 2 heterocycles. The first-order valence-corrected chi connectivity index (χ1v) is 9.46.